The van der Waals surface area contributed by atoms with E-state index >= 15 is 0 Å². The molecule has 0 bridgehead atoms. The summed E-state index contributed by atoms with van der Waals surface area (Å²) >= 11 is 0. The molecule has 0 amide bonds. The molecule has 2 rings (SSSR count). The van der Waals surface area contributed by atoms with Crippen molar-refractivity contribution in [2.24, 2.45) is 0 Å². The van der Waals surface area contributed by atoms with Crippen LogP contribution in [0.1, 0.15) is 74.1 Å². The third-order valence-corrected chi connectivity index (χ3v) is 3.34. The maximum absolute atomic E-state index is 11.2. The number of hydrogen-bond acceptors (Lipinski definition) is 3. The summed E-state index contributed by atoms with van der Waals surface area (Å²) in [7, 11) is 0. The van der Waals surface area contributed by atoms with Gasteiger partial charge in [0.25, 0.3) is 0 Å². The molecule has 0 saturated heterocycles. The van der Waals surface area contributed by atoms with Crippen molar-refractivity contribution >= 4 is 6.29 Å². The summed E-state index contributed by atoms with van der Waals surface area (Å²) in [6.07, 6.45) is 6.94. The smallest absolute Gasteiger partial charge is 0.170 e. The maximum Gasteiger partial charge on any atom is 0.170 e. The molecule has 88 valence electrons. The van der Waals surface area contributed by atoms with E-state index in [9.17, 15) is 4.79 Å². The van der Waals surface area contributed by atoms with E-state index in [1.54, 1.807) is 0 Å². The number of aldehydes is 1. The molecule has 1 aliphatic carbocycles. The van der Waals surface area contributed by atoms with Crippen molar-refractivity contribution < 1.29 is 4.79 Å². The Morgan fingerprint density at radius 2 is 2.00 bits per heavy atom. The summed E-state index contributed by atoms with van der Waals surface area (Å²) in [6, 6.07) is 0.383. The average Bonchev–Trinajstić information content (AvgIpc) is 2.73. The highest BCUT2D eigenvalue weighted by molar-refractivity contribution is 5.74. The molecule has 0 radical (unpaired) electrons. The Morgan fingerprint density at radius 1 is 1.31 bits per heavy atom. The first-order chi connectivity index (χ1) is 7.74. The zero-order valence-corrected chi connectivity index (χ0v) is 10.0. The highest BCUT2D eigenvalue weighted by atomic mass is 16.1. The Labute approximate surface area is 96.0 Å². The molecular weight excluding hydrogens is 202 g/mol. The van der Waals surface area contributed by atoms with Crippen LogP contribution in [0.3, 0.4) is 0 Å². The van der Waals surface area contributed by atoms with Gasteiger partial charge in [0.15, 0.2) is 6.29 Å². The number of hydrogen-bond donors (Lipinski definition) is 0. The second-order valence-electron chi connectivity index (χ2n) is 4.87. The molecular formula is C12H19N3O. The second kappa shape index (κ2) is 4.76. The predicted molar refractivity (Wildman–Crippen MR) is 61.6 cm³/mol. The fourth-order valence-electron chi connectivity index (χ4n) is 2.43. The number of rotatable bonds is 3. The highest BCUT2D eigenvalue weighted by Gasteiger charge is 2.22. The van der Waals surface area contributed by atoms with E-state index in [0.29, 0.717) is 11.7 Å². The van der Waals surface area contributed by atoms with Crippen molar-refractivity contribution in [2.45, 2.75) is 57.9 Å². The Hall–Kier alpha value is -1.19. The van der Waals surface area contributed by atoms with Crippen LogP contribution in [0, 0.1) is 0 Å². The third-order valence-electron chi connectivity index (χ3n) is 3.34. The van der Waals surface area contributed by atoms with Gasteiger partial charge in [-0.2, -0.15) is 0 Å². The summed E-state index contributed by atoms with van der Waals surface area (Å²) in [5.74, 6) is 0.262. The standard InChI is InChI=1S/C12H19N3O/c1-9(2)12-11(8-16)15(14-13-12)10-6-4-3-5-7-10/h8-10H,3-7H2,1-2H3. The van der Waals surface area contributed by atoms with Crippen molar-refractivity contribution in [1.82, 2.24) is 15.0 Å². The van der Waals surface area contributed by atoms with Gasteiger partial charge in [-0.3, -0.25) is 4.79 Å². The molecule has 0 unspecified atom stereocenters. The van der Waals surface area contributed by atoms with Crippen LogP contribution < -0.4 is 0 Å². The van der Waals surface area contributed by atoms with Gasteiger partial charge in [-0.1, -0.05) is 38.3 Å². The largest absolute Gasteiger partial charge is 0.296 e. The van der Waals surface area contributed by atoms with Crippen molar-refractivity contribution in [1.29, 1.82) is 0 Å². The van der Waals surface area contributed by atoms with Crippen LogP contribution in [0.4, 0.5) is 0 Å². The molecule has 1 aromatic heterocycles. The zero-order valence-electron chi connectivity index (χ0n) is 10.0. The summed E-state index contributed by atoms with van der Waals surface area (Å²) in [5, 5.41) is 8.31. The summed E-state index contributed by atoms with van der Waals surface area (Å²) in [5.41, 5.74) is 1.52. The van der Waals surface area contributed by atoms with Crippen LogP contribution in [0.5, 0.6) is 0 Å². The van der Waals surface area contributed by atoms with Crippen LogP contribution >= 0.6 is 0 Å². The van der Waals surface area contributed by atoms with E-state index in [-0.39, 0.29) is 5.92 Å². The average molecular weight is 221 g/mol. The molecule has 1 fully saturated rings. The first-order valence-electron chi connectivity index (χ1n) is 6.14. The lowest BCUT2D eigenvalue weighted by molar-refractivity contribution is 0.110. The van der Waals surface area contributed by atoms with E-state index in [2.05, 4.69) is 10.3 Å². The molecule has 4 heteroatoms. The summed E-state index contributed by atoms with van der Waals surface area (Å²) in [6.45, 7) is 4.09. The summed E-state index contributed by atoms with van der Waals surface area (Å²) in [4.78, 5) is 11.2. The highest BCUT2D eigenvalue weighted by Crippen LogP contribution is 2.29. The number of carbonyl (C=O) groups excluding carboxylic acids is 1. The first kappa shape index (κ1) is 11.3. The number of aromatic nitrogens is 3. The Kier molecular flexibility index (Phi) is 3.36. The first-order valence-corrected chi connectivity index (χ1v) is 6.14. The molecule has 1 heterocycles. The lowest BCUT2D eigenvalue weighted by Gasteiger charge is -2.22. The van der Waals surface area contributed by atoms with Crippen LogP contribution in [-0.4, -0.2) is 21.3 Å². The van der Waals surface area contributed by atoms with Crippen LogP contribution in [-0.2, 0) is 0 Å². The van der Waals surface area contributed by atoms with Crippen LogP contribution in [0.2, 0.25) is 0 Å². The lowest BCUT2D eigenvalue weighted by Crippen LogP contribution is -2.17. The van der Waals surface area contributed by atoms with E-state index in [4.69, 9.17) is 0 Å². The molecule has 4 nitrogen and oxygen atoms in total. The van der Waals surface area contributed by atoms with Gasteiger partial charge < -0.3 is 0 Å². The molecule has 1 aromatic rings. The predicted octanol–water partition coefficient (Wildman–Crippen LogP) is 2.72. The lowest BCUT2D eigenvalue weighted by atomic mass is 9.95. The molecule has 0 N–H and O–H groups in total. The van der Waals surface area contributed by atoms with Crippen LogP contribution in [0.15, 0.2) is 0 Å². The molecule has 0 aromatic carbocycles. The SMILES string of the molecule is CC(C)c1nnn(C2CCCCC2)c1C=O. The quantitative estimate of drug-likeness (QED) is 0.737. The van der Waals surface area contributed by atoms with Gasteiger partial charge in [0.1, 0.15) is 5.69 Å². The van der Waals surface area contributed by atoms with Crippen LogP contribution in [0.25, 0.3) is 0 Å². The molecule has 0 atom stereocenters. The van der Waals surface area contributed by atoms with Gasteiger partial charge in [-0.05, 0) is 18.8 Å². The molecule has 16 heavy (non-hydrogen) atoms. The van der Waals surface area contributed by atoms with Gasteiger partial charge in [-0.15, -0.1) is 5.10 Å². The fourth-order valence-corrected chi connectivity index (χ4v) is 2.43. The van der Waals surface area contributed by atoms with Gasteiger partial charge in [-0.25, -0.2) is 4.68 Å². The van der Waals surface area contributed by atoms with Crippen molar-refractivity contribution in [3.63, 3.8) is 0 Å². The van der Waals surface area contributed by atoms with Crippen molar-refractivity contribution in [3.8, 4) is 0 Å². The molecule has 0 aliphatic heterocycles. The topological polar surface area (TPSA) is 47.8 Å². The number of nitrogens with zero attached hydrogens (tertiary/aromatic N) is 3. The van der Waals surface area contributed by atoms with Crippen molar-refractivity contribution in [3.05, 3.63) is 11.4 Å². The normalized spacial score (nSPS) is 17.9. The fraction of sp³-hybridized carbons (Fsp3) is 0.750. The monoisotopic (exact) mass is 221 g/mol. The van der Waals surface area contributed by atoms with E-state index in [0.717, 1.165) is 24.8 Å². The van der Waals surface area contributed by atoms with Gasteiger partial charge in [0.2, 0.25) is 0 Å². The number of carbonyl (C=O) groups is 1. The maximum atomic E-state index is 11.2. The molecule has 0 spiro atoms. The second-order valence-corrected chi connectivity index (χ2v) is 4.87. The third kappa shape index (κ3) is 2.01. The minimum Gasteiger partial charge on any atom is -0.296 e. The molecule has 1 saturated carbocycles. The van der Waals surface area contributed by atoms with E-state index < -0.39 is 0 Å². The van der Waals surface area contributed by atoms with Gasteiger partial charge >= 0.3 is 0 Å². The van der Waals surface area contributed by atoms with Gasteiger partial charge in [0.05, 0.1) is 11.7 Å². The molecule has 1 aliphatic rings. The Bertz CT molecular complexity index is 364. The van der Waals surface area contributed by atoms with Crippen molar-refractivity contribution in [2.75, 3.05) is 0 Å². The Morgan fingerprint density at radius 3 is 2.56 bits per heavy atom. The van der Waals surface area contributed by atoms with Gasteiger partial charge in [0, 0.05) is 0 Å². The minimum atomic E-state index is 0.262. The van der Waals surface area contributed by atoms with E-state index in [1.807, 2.05) is 18.5 Å². The van der Waals surface area contributed by atoms with E-state index in [1.165, 1.54) is 19.3 Å². The zero-order chi connectivity index (χ0) is 11.5. The summed E-state index contributed by atoms with van der Waals surface area (Å²) < 4.78 is 1.85. The minimum absolute atomic E-state index is 0.262. The Balaban J connectivity index is 2.29.